The molecule has 2 aliphatic rings. The van der Waals surface area contributed by atoms with Crippen LogP contribution in [0.5, 0.6) is 0 Å². The molecule has 1 aliphatic carbocycles. The largest absolute Gasteiger partial charge is 0.376 e. The van der Waals surface area contributed by atoms with E-state index < -0.39 is 8.24 Å². The van der Waals surface area contributed by atoms with Gasteiger partial charge in [0.1, 0.15) is 8.24 Å². The lowest BCUT2D eigenvalue weighted by Crippen LogP contribution is -2.53. The zero-order valence-electron chi connectivity index (χ0n) is 14.2. The highest BCUT2D eigenvalue weighted by atomic mass is 28.3. The molecule has 3 rings (SSSR count). The Balaban J connectivity index is 1.93. The lowest BCUT2D eigenvalue weighted by atomic mass is 9.99. The molecule has 1 aromatic carbocycles. The first-order chi connectivity index (χ1) is 10.7. The van der Waals surface area contributed by atoms with Gasteiger partial charge in [-0.25, -0.2) is 0 Å². The Labute approximate surface area is 136 Å². The summed E-state index contributed by atoms with van der Waals surface area (Å²) in [4.78, 5) is 4.18. The summed E-state index contributed by atoms with van der Waals surface area (Å²) in [6, 6.07) is 15.5. The maximum Gasteiger partial charge on any atom is 0.125 e. The molecule has 1 fully saturated rings. The minimum atomic E-state index is -1.33. The van der Waals surface area contributed by atoms with Crippen LogP contribution in [0.4, 0.5) is 0 Å². The van der Waals surface area contributed by atoms with Crippen LogP contribution in [-0.4, -0.2) is 27.5 Å². The summed E-state index contributed by atoms with van der Waals surface area (Å²) >= 11 is 0. The van der Waals surface area contributed by atoms with Crippen molar-refractivity contribution in [2.24, 2.45) is 5.92 Å². The Morgan fingerprint density at radius 2 is 1.77 bits per heavy atom. The maximum absolute atomic E-state index is 5.75. The Morgan fingerprint density at radius 1 is 1.09 bits per heavy atom. The number of hydrogen-bond acceptors (Lipinski definition) is 2. The zero-order chi connectivity index (χ0) is 15.6. The van der Waals surface area contributed by atoms with E-state index in [4.69, 9.17) is 4.74 Å². The van der Waals surface area contributed by atoms with Crippen LogP contribution in [0.1, 0.15) is 32.8 Å². The second-order valence-corrected chi connectivity index (χ2v) is 11.8. The van der Waals surface area contributed by atoms with Gasteiger partial charge < -0.3 is 9.72 Å². The Bertz CT molecular complexity index is 527. The van der Waals surface area contributed by atoms with Gasteiger partial charge in [0.15, 0.2) is 0 Å². The van der Waals surface area contributed by atoms with E-state index in [0.717, 1.165) is 13.2 Å². The van der Waals surface area contributed by atoms with Gasteiger partial charge in [0, 0.05) is 12.0 Å². The molecule has 1 saturated heterocycles. The third kappa shape index (κ3) is 2.82. The number of fused-ring (bicyclic) bond motifs is 1. The summed E-state index contributed by atoms with van der Waals surface area (Å²) in [5.41, 5.74) is 4.51. The molecule has 1 heterocycles. The van der Waals surface area contributed by atoms with Crippen LogP contribution in [0.3, 0.4) is 0 Å². The normalized spacial score (nSPS) is 24.9. The number of hydrogen-bond donors (Lipinski definition) is 1. The average molecular weight is 316 g/mol. The zero-order valence-corrected chi connectivity index (χ0v) is 15.2. The summed E-state index contributed by atoms with van der Waals surface area (Å²) in [7, 11) is -1.33. The molecule has 0 spiro atoms. The van der Waals surface area contributed by atoms with E-state index in [1.165, 1.54) is 30.1 Å². The van der Waals surface area contributed by atoms with Gasteiger partial charge in [0.2, 0.25) is 0 Å². The molecule has 2 atom stereocenters. The minimum absolute atomic E-state index is 0.540. The predicted octanol–water partition coefficient (Wildman–Crippen LogP) is 4.45. The first kappa shape index (κ1) is 16.0. The summed E-state index contributed by atoms with van der Waals surface area (Å²) in [6.07, 6.45) is 1.23. The van der Waals surface area contributed by atoms with Crippen LogP contribution < -0.4 is 4.98 Å². The molecular formula is C19H29NOSi. The molecule has 0 aromatic heterocycles. The van der Waals surface area contributed by atoms with Crippen molar-refractivity contribution in [3.05, 3.63) is 41.5 Å². The Morgan fingerprint density at radius 3 is 2.41 bits per heavy atom. The molecule has 2 nitrogen and oxygen atoms in total. The van der Waals surface area contributed by atoms with Crippen molar-refractivity contribution >= 4 is 13.8 Å². The Hall–Kier alpha value is -0.903. The highest BCUT2D eigenvalue weighted by molar-refractivity contribution is 6.77. The summed E-state index contributed by atoms with van der Waals surface area (Å²) in [6.45, 7) is 8.89. The molecule has 3 heteroatoms. The van der Waals surface area contributed by atoms with Gasteiger partial charge in [-0.05, 0) is 41.3 Å². The third-order valence-corrected chi connectivity index (χ3v) is 10.9. The molecule has 2 unspecified atom stereocenters. The van der Waals surface area contributed by atoms with E-state index >= 15 is 0 Å². The van der Waals surface area contributed by atoms with E-state index in [-0.39, 0.29) is 0 Å². The van der Waals surface area contributed by atoms with Gasteiger partial charge in [0.25, 0.3) is 0 Å². The maximum atomic E-state index is 5.75. The van der Waals surface area contributed by atoms with Crippen molar-refractivity contribution in [2.45, 2.75) is 51.4 Å². The first-order valence-electron chi connectivity index (χ1n) is 8.86. The number of benzene rings is 1. The van der Waals surface area contributed by atoms with Crippen molar-refractivity contribution in [2.75, 3.05) is 13.2 Å². The van der Waals surface area contributed by atoms with E-state index in [0.29, 0.717) is 12.0 Å². The van der Waals surface area contributed by atoms with Crippen LogP contribution in [0.15, 0.2) is 35.9 Å². The van der Waals surface area contributed by atoms with E-state index in [1.807, 2.05) is 0 Å². The SMILES string of the molecule is CC[Si](CC)(CC)NC1CC2COCC2=C1c1ccccc1. The standard InChI is InChI=1S/C19H29NOSi/c1-4-22(5-2,6-3)20-18-12-16-13-21-14-17(16)19(18)15-10-8-7-9-11-15/h7-11,16,18,20H,4-6,12-14H2,1-3H3. The van der Waals surface area contributed by atoms with Crippen molar-refractivity contribution in [3.8, 4) is 0 Å². The molecule has 120 valence electrons. The quantitative estimate of drug-likeness (QED) is 0.783. The minimum Gasteiger partial charge on any atom is -0.376 e. The lowest BCUT2D eigenvalue weighted by Gasteiger charge is -2.34. The second kappa shape index (κ2) is 6.69. The average Bonchev–Trinajstić information content (AvgIpc) is 3.14. The van der Waals surface area contributed by atoms with Crippen LogP contribution in [0.25, 0.3) is 5.57 Å². The fourth-order valence-electron chi connectivity index (χ4n) is 4.22. The highest BCUT2D eigenvalue weighted by Gasteiger charge is 2.40. The molecule has 0 radical (unpaired) electrons. The number of ether oxygens (including phenoxy) is 1. The van der Waals surface area contributed by atoms with Crippen molar-refractivity contribution in [3.63, 3.8) is 0 Å². The van der Waals surface area contributed by atoms with Gasteiger partial charge in [-0.2, -0.15) is 0 Å². The topological polar surface area (TPSA) is 21.3 Å². The van der Waals surface area contributed by atoms with E-state index in [2.05, 4.69) is 56.1 Å². The van der Waals surface area contributed by atoms with Gasteiger partial charge in [0.05, 0.1) is 13.2 Å². The van der Waals surface area contributed by atoms with Crippen molar-refractivity contribution in [1.29, 1.82) is 0 Å². The summed E-state index contributed by atoms with van der Waals surface area (Å²) < 4.78 is 5.75. The first-order valence-corrected chi connectivity index (χ1v) is 11.5. The van der Waals surface area contributed by atoms with E-state index in [1.54, 1.807) is 11.1 Å². The van der Waals surface area contributed by atoms with Crippen molar-refractivity contribution < 1.29 is 4.74 Å². The monoisotopic (exact) mass is 315 g/mol. The van der Waals surface area contributed by atoms with Crippen LogP contribution >= 0.6 is 0 Å². The van der Waals surface area contributed by atoms with Gasteiger partial charge in [-0.15, -0.1) is 0 Å². The molecular weight excluding hydrogens is 286 g/mol. The number of nitrogens with one attached hydrogen (secondary N) is 1. The predicted molar refractivity (Wildman–Crippen MR) is 96.4 cm³/mol. The second-order valence-electron chi connectivity index (χ2n) is 6.79. The molecule has 22 heavy (non-hydrogen) atoms. The van der Waals surface area contributed by atoms with E-state index in [9.17, 15) is 0 Å². The van der Waals surface area contributed by atoms with Crippen molar-refractivity contribution in [1.82, 2.24) is 4.98 Å². The van der Waals surface area contributed by atoms with Crippen LogP contribution in [0.2, 0.25) is 18.1 Å². The van der Waals surface area contributed by atoms with Gasteiger partial charge in [-0.1, -0.05) is 51.1 Å². The highest BCUT2D eigenvalue weighted by Crippen LogP contribution is 2.42. The summed E-state index contributed by atoms with van der Waals surface area (Å²) in [5.74, 6) is 0.643. The lowest BCUT2D eigenvalue weighted by molar-refractivity contribution is 0.184. The summed E-state index contributed by atoms with van der Waals surface area (Å²) in [5, 5.41) is 0. The third-order valence-electron chi connectivity index (χ3n) is 5.88. The molecule has 0 amide bonds. The number of rotatable bonds is 6. The Kier molecular flexibility index (Phi) is 4.86. The fraction of sp³-hybridized carbons (Fsp3) is 0.579. The van der Waals surface area contributed by atoms with Crippen LogP contribution in [-0.2, 0) is 4.74 Å². The fourth-order valence-corrected chi connectivity index (χ4v) is 7.34. The van der Waals surface area contributed by atoms with Gasteiger partial charge >= 0.3 is 0 Å². The molecule has 0 bridgehead atoms. The molecule has 1 N–H and O–H groups in total. The molecule has 1 aromatic rings. The molecule has 0 saturated carbocycles. The smallest absolute Gasteiger partial charge is 0.125 e. The van der Waals surface area contributed by atoms with Gasteiger partial charge in [-0.3, -0.25) is 0 Å². The molecule has 1 aliphatic heterocycles. The van der Waals surface area contributed by atoms with Crippen LogP contribution in [0, 0.1) is 5.92 Å².